The average molecular weight is 260 g/mol. The highest BCUT2D eigenvalue weighted by Gasteiger charge is 2.46. The number of nitrogens with zero attached hydrogens (tertiary/aromatic N) is 1. The molecule has 4 heteroatoms. The number of Topliss-reactive ketones (excluding diaryl/α,β-unsaturated/α-hetero) is 1. The molecule has 19 heavy (non-hydrogen) atoms. The van der Waals surface area contributed by atoms with Crippen LogP contribution in [-0.2, 0) is 4.79 Å². The summed E-state index contributed by atoms with van der Waals surface area (Å²) in [6, 6.07) is 5.85. The van der Waals surface area contributed by atoms with Gasteiger partial charge < -0.3 is 10.8 Å². The van der Waals surface area contributed by atoms with Crippen LogP contribution in [-0.4, -0.2) is 28.4 Å². The number of aromatic hydroxyl groups is 1. The van der Waals surface area contributed by atoms with Crippen LogP contribution in [0.1, 0.15) is 37.8 Å². The summed E-state index contributed by atoms with van der Waals surface area (Å²) < 4.78 is 0. The molecule has 3 N–H and O–H groups in total. The second-order valence-electron chi connectivity index (χ2n) is 5.60. The minimum absolute atomic E-state index is 0.0916. The first-order valence-electron chi connectivity index (χ1n) is 6.98. The number of carbonyl (C=O) groups excluding carboxylic acids is 1. The number of fused-ring (bicyclic) bond motifs is 3. The van der Waals surface area contributed by atoms with E-state index in [1.807, 2.05) is 12.1 Å². The first-order valence-corrected chi connectivity index (χ1v) is 6.98. The summed E-state index contributed by atoms with van der Waals surface area (Å²) in [7, 11) is 0. The first-order chi connectivity index (χ1) is 9.11. The van der Waals surface area contributed by atoms with Crippen molar-refractivity contribution in [2.24, 2.45) is 5.92 Å². The van der Waals surface area contributed by atoms with Crippen LogP contribution in [0, 0.1) is 5.92 Å². The van der Waals surface area contributed by atoms with Crippen LogP contribution in [0.3, 0.4) is 0 Å². The Morgan fingerprint density at radius 2 is 2.21 bits per heavy atom. The van der Waals surface area contributed by atoms with Crippen LogP contribution in [0.2, 0.25) is 0 Å². The zero-order valence-electron chi connectivity index (χ0n) is 11.2. The van der Waals surface area contributed by atoms with Gasteiger partial charge >= 0.3 is 0 Å². The Labute approximate surface area is 113 Å². The lowest BCUT2D eigenvalue weighted by Gasteiger charge is -2.50. The van der Waals surface area contributed by atoms with Gasteiger partial charge in [-0.1, -0.05) is 13.0 Å². The van der Waals surface area contributed by atoms with E-state index in [2.05, 4.69) is 11.8 Å². The Morgan fingerprint density at radius 3 is 2.84 bits per heavy atom. The van der Waals surface area contributed by atoms with E-state index in [-0.39, 0.29) is 17.7 Å². The Bertz CT molecular complexity index is 515. The number of phenolic OH excluding ortho intramolecular Hbond substituents is 1. The fourth-order valence-electron chi connectivity index (χ4n) is 3.73. The Kier molecular flexibility index (Phi) is 2.97. The summed E-state index contributed by atoms with van der Waals surface area (Å²) in [6.07, 6.45) is 2.79. The quantitative estimate of drug-likeness (QED) is 0.631. The number of phenols is 1. The third-order valence-electron chi connectivity index (χ3n) is 4.63. The van der Waals surface area contributed by atoms with Crippen molar-refractivity contribution in [1.82, 2.24) is 4.90 Å². The summed E-state index contributed by atoms with van der Waals surface area (Å²) in [5.74, 6) is 0.589. The van der Waals surface area contributed by atoms with Gasteiger partial charge in [-0.25, -0.2) is 0 Å². The van der Waals surface area contributed by atoms with Crippen molar-refractivity contribution in [1.29, 1.82) is 0 Å². The molecule has 4 rings (SSSR count). The number of anilines is 1. The Morgan fingerprint density at radius 1 is 1.42 bits per heavy atom. The summed E-state index contributed by atoms with van der Waals surface area (Å²) in [5, 5.41) is 9.54. The molecule has 0 spiro atoms. The minimum atomic E-state index is 0.0916. The molecule has 1 aromatic rings. The van der Waals surface area contributed by atoms with Crippen LogP contribution in [0.5, 0.6) is 5.75 Å². The molecule has 3 aliphatic rings. The van der Waals surface area contributed by atoms with Crippen molar-refractivity contribution in [2.45, 2.75) is 38.3 Å². The van der Waals surface area contributed by atoms with Crippen molar-refractivity contribution in [3.63, 3.8) is 0 Å². The predicted octanol–water partition coefficient (Wildman–Crippen LogP) is 2.09. The summed E-state index contributed by atoms with van der Waals surface area (Å²) >= 11 is 0. The second-order valence-corrected chi connectivity index (χ2v) is 5.60. The van der Waals surface area contributed by atoms with Crippen LogP contribution in [0.25, 0.3) is 0 Å². The molecule has 3 fully saturated rings. The van der Waals surface area contributed by atoms with Crippen LogP contribution >= 0.6 is 0 Å². The number of piperidine rings is 2. The smallest absolute Gasteiger partial charge is 0.139 e. The molecule has 2 aliphatic heterocycles. The molecule has 0 radical (unpaired) electrons. The normalized spacial score (nSPS) is 30.8. The molecule has 2 saturated heterocycles. The maximum Gasteiger partial charge on any atom is 0.139 e. The number of hydrogen-bond donors (Lipinski definition) is 2. The minimum Gasteiger partial charge on any atom is -0.506 e. The molecule has 3 atom stereocenters. The Hall–Kier alpha value is -1.55. The number of ketones is 1. The molecule has 1 aliphatic carbocycles. The third kappa shape index (κ3) is 1.91. The maximum atomic E-state index is 12.1. The van der Waals surface area contributed by atoms with Crippen LogP contribution in [0.15, 0.2) is 18.2 Å². The van der Waals surface area contributed by atoms with Gasteiger partial charge in [0.15, 0.2) is 0 Å². The van der Waals surface area contributed by atoms with Crippen LogP contribution in [0.4, 0.5) is 5.69 Å². The standard InChI is InChI=1S/C15H20N2O2/c1-2-17-10-4-5-11(14(19)8-10)15(17)9-3-6-13(18)12(16)7-9/h3,6-7,10-11,15,18H,2,4-5,8,16H2,1H3. The van der Waals surface area contributed by atoms with Crippen molar-refractivity contribution >= 4 is 11.5 Å². The van der Waals surface area contributed by atoms with E-state index in [0.29, 0.717) is 23.9 Å². The summed E-state index contributed by atoms with van der Waals surface area (Å²) in [4.78, 5) is 14.6. The molecule has 102 valence electrons. The second kappa shape index (κ2) is 4.53. The van der Waals surface area contributed by atoms with Crippen molar-refractivity contribution in [2.75, 3.05) is 12.3 Å². The van der Waals surface area contributed by atoms with E-state index in [1.165, 1.54) is 0 Å². The number of rotatable bonds is 2. The van der Waals surface area contributed by atoms with Gasteiger partial charge in [0, 0.05) is 24.4 Å². The maximum absolute atomic E-state index is 12.1. The van der Waals surface area contributed by atoms with Gasteiger partial charge in [-0.2, -0.15) is 0 Å². The molecule has 3 unspecified atom stereocenters. The molecule has 2 heterocycles. The Balaban J connectivity index is 2.00. The lowest BCUT2D eigenvalue weighted by atomic mass is 9.71. The molecular formula is C15H20N2O2. The van der Waals surface area contributed by atoms with Gasteiger partial charge in [-0.3, -0.25) is 9.69 Å². The number of nitrogens with two attached hydrogens (primary N) is 1. The number of nitrogen functional groups attached to an aromatic ring is 1. The highest BCUT2D eigenvalue weighted by Crippen LogP contribution is 2.46. The molecule has 1 saturated carbocycles. The predicted molar refractivity (Wildman–Crippen MR) is 73.8 cm³/mol. The summed E-state index contributed by atoms with van der Waals surface area (Å²) in [5.41, 5.74) is 7.24. The third-order valence-corrected chi connectivity index (χ3v) is 4.63. The number of benzene rings is 1. The van der Waals surface area contributed by atoms with E-state index in [9.17, 15) is 9.90 Å². The van der Waals surface area contributed by atoms with Gasteiger partial charge in [0.1, 0.15) is 11.5 Å². The lowest BCUT2D eigenvalue weighted by Crippen LogP contribution is -2.54. The van der Waals surface area contributed by atoms with E-state index in [4.69, 9.17) is 5.73 Å². The largest absolute Gasteiger partial charge is 0.506 e. The highest BCUT2D eigenvalue weighted by atomic mass is 16.3. The van der Waals surface area contributed by atoms with E-state index < -0.39 is 0 Å². The zero-order valence-corrected chi connectivity index (χ0v) is 11.2. The molecule has 0 aromatic heterocycles. The van der Waals surface area contributed by atoms with Crippen molar-refractivity contribution < 1.29 is 9.90 Å². The fraction of sp³-hybridized carbons (Fsp3) is 0.533. The highest BCUT2D eigenvalue weighted by molar-refractivity contribution is 5.84. The van der Waals surface area contributed by atoms with E-state index in [1.54, 1.807) is 6.07 Å². The van der Waals surface area contributed by atoms with Gasteiger partial charge in [-0.05, 0) is 37.1 Å². The number of carbonyl (C=O) groups is 1. The van der Waals surface area contributed by atoms with Crippen LogP contribution < -0.4 is 5.73 Å². The zero-order chi connectivity index (χ0) is 13.6. The van der Waals surface area contributed by atoms with Gasteiger partial charge in [0.2, 0.25) is 0 Å². The molecular weight excluding hydrogens is 240 g/mol. The van der Waals surface area contributed by atoms with Crippen molar-refractivity contribution in [3.05, 3.63) is 23.8 Å². The molecule has 0 amide bonds. The van der Waals surface area contributed by atoms with E-state index >= 15 is 0 Å². The van der Waals surface area contributed by atoms with Gasteiger partial charge in [0.05, 0.1) is 5.69 Å². The number of hydrogen-bond acceptors (Lipinski definition) is 4. The summed E-state index contributed by atoms with van der Waals surface area (Å²) in [6.45, 7) is 3.09. The lowest BCUT2D eigenvalue weighted by molar-refractivity contribution is -0.137. The average Bonchev–Trinajstić information content (AvgIpc) is 2.41. The molecule has 4 nitrogen and oxygen atoms in total. The fourth-order valence-corrected chi connectivity index (χ4v) is 3.73. The van der Waals surface area contributed by atoms with E-state index in [0.717, 1.165) is 24.9 Å². The van der Waals surface area contributed by atoms with Crippen molar-refractivity contribution in [3.8, 4) is 5.75 Å². The van der Waals surface area contributed by atoms with Gasteiger partial charge in [-0.15, -0.1) is 0 Å². The molecule has 1 aromatic carbocycles. The monoisotopic (exact) mass is 260 g/mol. The SMILES string of the molecule is CCN1C2CCC(C(=O)C2)C1c1ccc(O)c(N)c1. The van der Waals surface area contributed by atoms with Gasteiger partial charge in [0.25, 0.3) is 0 Å². The molecule has 2 bridgehead atoms. The topological polar surface area (TPSA) is 66.6 Å². The first kappa shape index (κ1) is 12.5.